The fourth-order valence-electron chi connectivity index (χ4n) is 1.84. The van der Waals surface area contributed by atoms with Crippen LogP contribution in [0.4, 0.5) is 4.79 Å². The first-order chi connectivity index (χ1) is 12.0. The number of hydrogen-bond acceptors (Lipinski definition) is 4. The summed E-state index contributed by atoms with van der Waals surface area (Å²) >= 11 is 0. The molecule has 7 heteroatoms. The van der Waals surface area contributed by atoms with Crippen LogP contribution in [0.15, 0.2) is 29.4 Å². The van der Waals surface area contributed by atoms with Crippen LogP contribution in [0.3, 0.4) is 0 Å². The van der Waals surface area contributed by atoms with E-state index in [1.54, 1.807) is 6.21 Å². The van der Waals surface area contributed by atoms with E-state index in [2.05, 4.69) is 28.1 Å². The maximum absolute atomic E-state index is 11.6. The minimum absolute atomic E-state index is 0.00603. The summed E-state index contributed by atoms with van der Waals surface area (Å²) in [6, 6.07) is 7.12. The Labute approximate surface area is 149 Å². The van der Waals surface area contributed by atoms with Crippen molar-refractivity contribution in [2.75, 3.05) is 19.7 Å². The van der Waals surface area contributed by atoms with Crippen LogP contribution in [0.1, 0.15) is 32.8 Å². The molecule has 0 aliphatic heterocycles. The third-order valence-corrected chi connectivity index (χ3v) is 3.51. The van der Waals surface area contributed by atoms with Crippen molar-refractivity contribution in [1.29, 1.82) is 0 Å². The van der Waals surface area contributed by atoms with Crippen LogP contribution in [0, 0.1) is 5.92 Å². The Morgan fingerprint density at radius 3 is 2.56 bits per heavy atom. The van der Waals surface area contributed by atoms with E-state index >= 15 is 0 Å². The molecule has 3 amide bonds. The minimum atomic E-state index is -0.318. The van der Waals surface area contributed by atoms with Gasteiger partial charge in [0.25, 0.3) is 5.91 Å². The van der Waals surface area contributed by atoms with Crippen LogP contribution in [0.5, 0.6) is 5.75 Å². The average molecular weight is 348 g/mol. The summed E-state index contributed by atoms with van der Waals surface area (Å²) < 4.78 is 5.38. The van der Waals surface area contributed by atoms with Crippen molar-refractivity contribution in [3.8, 4) is 5.75 Å². The van der Waals surface area contributed by atoms with Gasteiger partial charge in [-0.15, -0.1) is 0 Å². The molecule has 0 bridgehead atoms. The van der Waals surface area contributed by atoms with Gasteiger partial charge in [-0.3, -0.25) is 4.79 Å². The van der Waals surface area contributed by atoms with Gasteiger partial charge in [0.2, 0.25) is 0 Å². The Morgan fingerprint density at radius 1 is 1.20 bits per heavy atom. The Bertz CT molecular complexity index is 558. The molecule has 0 spiro atoms. The van der Waals surface area contributed by atoms with Gasteiger partial charge in [0, 0.05) is 19.3 Å². The van der Waals surface area contributed by atoms with Crippen LogP contribution in [0.25, 0.3) is 0 Å². The number of benzene rings is 1. The van der Waals surface area contributed by atoms with Crippen molar-refractivity contribution in [3.05, 3.63) is 29.8 Å². The SMILES string of the molecule is CCNC(=O)COc1ccc(CCNC(=O)N/N=C\[C@@H](C)CC)cc1. The monoisotopic (exact) mass is 348 g/mol. The Hall–Kier alpha value is -2.57. The highest BCUT2D eigenvalue weighted by Crippen LogP contribution is 2.12. The van der Waals surface area contributed by atoms with Gasteiger partial charge in [0.1, 0.15) is 5.75 Å². The van der Waals surface area contributed by atoms with E-state index in [1.165, 1.54) is 0 Å². The van der Waals surface area contributed by atoms with Crippen molar-refractivity contribution in [2.45, 2.75) is 33.6 Å². The van der Waals surface area contributed by atoms with Crippen molar-refractivity contribution in [2.24, 2.45) is 11.0 Å². The number of nitrogens with one attached hydrogen (secondary N) is 3. The van der Waals surface area contributed by atoms with Crippen LogP contribution in [0.2, 0.25) is 0 Å². The van der Waals surface area contributed by atoms with E-state index in [0.717, 1.165) is 12.0 Å². The molecule has 7 nitrogen and oxygen atoms in total. The highest BCUT2D eigenvalue weighted by atomic mass is 16.5. The molecule has 3 N–H and O–H groups in total. The second kappa shape index (κ2) is 11.9. The summed E-state index contributed by atoms with van der Waals surface area (Å²) in [5.74, 6) is 0.840. The number of carbonyl (C=O) groups is 2. The van der Waals surface area contributed by atoms with Gasteiger partial charge in [-0.2, -0.15) is 5.10 Å². The standard InChI is InChI=1S/C18H28N4O3/c1-4-14(3)12-21-22-18(24)20-11-10-15-6-8-16(9-7-15)25-13-17(23)19-5-2/h6-9,12,14H,4-5,10-11,13H2,1-3H3,(H,19,23)(H2,20,22,24)/b21-12-/t14-/m0/s1. The summed E-state index contributed by atoms with van der Waals surface area (Å²) in [4.78, 5) is 22.9. The molecule has 0 aromatic heterocycles. The number of likely N-dealkylation sites (N-methyl/N-ethyl adjacent to an activating group) is 1. The number of urea groups is 1. The molecule has 0 aliphatic carbocycles. The molecule has 1 aromatic carbocycles. The van der Waals surface area contributed by atoms with Crippen LogP contribution in [-0.4, -0.2) is 37.8 Å². The number of amides is 3. The largest absolute Gasteiger partial charge is 0.484 e. The zero-order chi connectivity index (χ0) is 18.5. The number of hydrazone groups is 1. The fraction of sp³-hybridized carbons (Fsp3) is 0.500. The van der Waals surface area contributed by atoms with Gasteiger partial charge in [-0.1, -0.05) is 26.0 Å². The lowest BCUT2D eigenvalue weighted by Gasteiger charge is -2.08. The molecule has 1 atom stereocenters. The molecule has 0 aliphatic rings. The van der Waals surface area contributed by atoms with Gasteiger partial charge >= 0.3 is 6.03 Å². The highest BCUT2D eigenvalue weighted by molar-refractivity contribution is 5.77. The van der Waals surface area contributed by atoms with E-state index < -0.39 is 0 Å². The number of hydrogen-bond donors (Lipinski definition) is 3. The second-order valence-electron chi connectivity index (χ2n) is 5.67. The lowest BCUT2D eigenvalue weighted by atomic mass is 10.1. The molecule has 0 saturated heterocycles. The van der Waals surface area contributed by atoms with Crippen LogP contribution >= 0.6 is 0 Å². The van der Waals surface area contributed by atoms with Crippen LogP contribution in [-0.2, 0) is 11.2 Å². The second-order valence-corrected chi connectivity index (χ2v) is 5.67. The minimum Gasteiger partial charge on any atom is -0.484 e. The number of ether oxygens (including phenoxy) is 1. The van der Waals surface area contributed by atoms with Gasteiger partial charge in [-0.05, 0) is 43.4 Å². The molecular weight excluding hydrogens is 320 g/mol. The molecule has 0 radical (unpaired) electrons. The van der Waals surface area contributed by atoms with E-state index in [1.807, 2.05) is 38.1 Å². The van der Waals surface area contributed by atoms with Gasteiger partial charge < -0.3 is 15.4 Å². The van der Waals surface area contributed by atoms with Gasteiger partial charge in [0.15, 0.2) is 6.61 Å². The van der Waals surface area contributed by atoms with E-state index in [4.69, 9.17) is 4.74 Å². The third kappa shape index (κ3) is 9.34. The molecule has 138 valence electrons. The summed E-state index contributed by atoms with van der Waals surface area (Å²) in [6.45, 7) is 7.05. The number of nitrogens with zero attached hydrogens (tertiary/aromatic N) is 1. The Kier molecular flexibility index (Phi) is 9.74. The molecule has 0 fully saturated rings. The predicted molar refractivity (Wildman–Crippen MR) is 98.8 cm³/mol. The highest BCUT2D eigenvalue weighted by Gasteiger charge is 2.02. The summed E-state index contributed by atoms with van der Waals surface area (Å²) in [6.07, 6.45) is 3.40. The lowest BCUT2D eigenvalue weighted by molar-refractivity contribution is -0.122. The molecule has 0 heterocycles. The third-order valence-electron chi connectivity index (χ3n) is 3.51. The predicted octanol–water partition coefficient (Wildman–Crippen LogP) is 2.08. The maximum atomic E-state index is 11.6. The normalized spacial score (nSPS) is 11.8. The lowest BCUT2D eigenvalue weighted by Crippen LogP contribution is -2.33. The van der Waals surface area contributed by atoms with Gasteiger partial charge in [-0.25, -0.2) is 10.2 Å². The summed E-state index contributed by atoms with van der Waals surface area (Å²) in [5.41, 5.74) is 3.51. The van der Waals surface area contributed by atoms with Crippen molar-refractivity contribution < 1.29 is 14.3 Å². The molecule has 0 saturated carbocycles. The first kappa shape index (κ1) is 20.5. The Balaban J connectivity index is 2.26. The first-order valence-electron chi connectivity index (χ1n) is 8.60. The maximum Gasteiger partial charge on any atom is 0.335 e. The van der Waals surface area contributed by atoms with Crippen molar-refractivity contribution in [3.63, 3.8) is 0 Å². The average Bonchev–Trinajstić information content (AvgIpc) is 2.61. The molecule has 25 heavy (non-hydrogen) atoms. The van der Waals surface area contributed by atoms with E-state index in [0.29, 0.717) is 31.2 Å². The first-order valence-corrected chi connectivity index (χ1v) is 8.60. The fourth-order valence-corrected chi connectivity index (χ4v) is 1.84. The van der Waals surface area contributed by atoms with Crippen molar-refractivity contribution in [1.82, 2.24) is 16.1 Å². The molecule has 1 rings (SSSR count). The quantitative estimate of drug-likeness (QED) is 0.446. The van der Waals surface area contributed by atoms with E-state index in [9.17, 15) is 9.59 Å². The number of carbonyl (C=O) groups excluding carboxylic acids is 2. The van der Waals surface area contributed by atoms with Crippen molar-refractivity contribution >= 4 is 18.2 Å². The van der Waals surface area contributed by atoms with Crippen LogP contribution < -0.4 is 20.8 Å². The number of rotatable bonds is 10. The zero-order valence-corrected chi connectivity index (χ0v) is 15.2. The summed E-state index contributed by atoms with van der Waals surface area (Å²) in [5, 5.41) is 9.30. The zero-order valence-electron chi connectivity index (χ0n) is 15.2. The smallest absolute Gasteiger partial charge is 0.335 e. The van der Waals surface area contributed by atoms with Gasteiger partial charge in [0.05, 0.1) is 0 Å². The topological polar surface area (TPSA) is 91.8 Å². The molecular formula is C18H28N4O3. The molecule has 1 aromatic rings. The Morgan fingerprint density at radius 2 is 1.92 bits per heavy atom. The molecule has 0 unspecified atom stereocenters. The summed E-state index contributed by atoms with van der Waals surface area (Å²) in [7, 11) is 0. The van der Waals surface area contributed by atoms with E-state index in [-0.39, 0.29) is 18.5 Å².